The number of terminal acetylenes is 1. The van der Waals surface area contributed by atoms with E-state index in [9.17, 15) is 19.5 Å². The molecule has 2 atom stereocenters. The van der Waals surface area contributed by atoms with Gasteiger partial charge in [-0.25, -0.2) is 9.79 Å². The number of aliphatic imine (C=N–C) groups is 1. The highest BCUT2D eigenvalue weighted by molar-refractivity contribution is 6.11. The second kappa shape index (κ2) is 24.7. The summed E-state index contributed by atoms with van der Waals surface area (Å²) in [5.74, 6) is 2.85. The van der Waals surface area contributed by atoms with E-state index in [-0.39, 0.29) is 30.2 Å². The Hall–Kier alpha value is -7.72. The summed E-state index contributed by atoms with van der Waals surface area (Å²) in [6.45, 7) is 11.6. The third kappa shape index (κ3) is 13.7. The summed E-state index contributed by atoms with van der Waals surface area (Å²) in [5, 5.41) is 23.8. The van der Waals surface area contributed by atoms with E-state index in [1.54, 1.807) is 35.5 Å². The molecule has 68 heavy (non-hydrogen) atoms. The number of fused-ring (bicyclic) bond motifs is 1. The SMILES string of the molecule is C#CCC(C/C=C1/NC(c2ccc3cc(-c4ccc(/C(=C/NC)N=CN(C(=O)CNC(=C)O)c5c(CC)cccc5CCC)cc4)ccc3c2)=CN1C)CN(C)C(=O)C(C=C(C)C)NC(=O)OC. The lowest BCUT2D eigenvalue weighted by Gasteiger charge is -2.26. The number of aryl methyl sites for hydroxylation is 2. The van der Waals surface area contributed by atoms with Gasteiger partial charge in [0.05, 0.1) is 30.7 Å². The summed E-state index contributed by atoms with van der Waals surface area (Å²) >= 11 is 0. The molecule has 0 saturated heterocycles. The van der Waals surface area contributed by atoms with Crippen molar-refractivity contribution in [1.82, 2.24) is 31.1 Å². The number of aliphatic hydroxyl groups is 1. The number of likely N-dealkylation sites (N-methyl/N-ethyl adjacent to an activating group) is 1. The van der Waals surface area contributed by atoms with Gasteiger partial charge in [-0.15, -0.1) is 12.3 Å². The number of anilines is 1. The van der Waals surface area contributed by atoms with Crippen LogP contribution in [0.1, 0.15) is 69.2 Å². The van der Waals surface area contributed by atoms with Crippen molar-refractivity contribution in [2.75, 3.05) is 46.2 Å². The maximum absolute atomic E-state index is 13.7. The third-order valence-electron chi connectivity index (χ3n) is 11.5. The van der Waals surface area contributed by atoms with Gasteiger partial charge in [-0.2, -0.15) is 0 Å². The molecule has 3 amide bonds. The van der Waals surface area contributed by atoms with Crippen LogP contribution in [0.4, 0.5) is 10.5 Å². The van der Waals surface area contributed by atoms with E-state index in [1.807, 2.05) is 63.2 Å². The third-order valence-corrected chi connectivity index (χ3v) is 11.5. The summed E-state index contributed by atoms with van der Waals surface area (Å²) < 4.78 is 4.74. The van der Waals surface area contributed by atoms with Crippen LogP contribution in [0.3, 0.4) is 0 Å². The van der Waals surface area contributed by atoms with Gasteiger partial charge in [0, 0.05) is 57.6 Å². The second-order valence-corrected chi connectivity index (χ2v) is 17.0. The Bertz CT molecular complexity index is 2650. The first-order valence-electron chi connectivity index (χ1n) is 22.9. The number of nitrogens with one attached hydrogen (secondary N) is 4. The van der Waals surface area contributed by atoms with Crippen molar-refractivity contribution < 1.29 is 24.2 Å². The molecule has 5 rings (SSSR count). The monoisotopic (exact) mass is 919 g/mol. The molecule has 356 valence electrons. The maximum Gasteiger partial charge on any atom is 0.407 e. The molecule has 1 heterocycles. The molecule has 0 aromatic heterocycles. The predicted molar refractivity (Wildman–Crippen MR) is 277 cm³/mol. The Morgan fingerprint density at radius 2 is 1.68 bits per heavy atom. The number of hydrogen-bond donors (Lipinski definition) is 5. The van der Waals surface area contributed by atoms with Crippen LogP contribution in [0, 0.1) is 18.3 Å². The molecule has 0 aliphatic carbocycles. The van der Waals surface area contributed by atoms with E-state index >= 15 is 0 Å². The molecular formula is C55H66N8O5. The van der Waals surface area contributed by atoms with E-state index in [0.29, 0.717) is 25.1 Å². The molecular weight excluding hydrogens is 853 g/mol. The summed E-state index contributed by atoms with van der Waals surface area (Å²) in [5.41, 5.74) is 9.39. The zero-order chi connectivity index (χ0) is 49.3. The zero-order valence-corrected chi connectivity index (χ0v) is 40.7. The number of rotatable bonds is 21. The standard InChI is InChI=1S/C55H66N8O5/c1-11-15-39(34-62(9)54(66)48(29-37(4)5)60-55(67)68-10)19-28-51-59-50(35-61(51)8)47-27-26-45-30-44(24-25-46(45)31-47)41-20-22-42(23-21-41)49(32-56-7)58-36-63(52(65)33-57-38(6)64)53-40(13-3)17-14-18-43(53)16-12-2/h1,14,17-18,20-32,35-36,39,48,56-57,59,64H,6,12-13,15-16,19,33-34H2,2-5,7-10H3,(H,60,67)/b49-32-,51-28-,58-36?. The van der Waals surface area contributed by atoms with Crippen molar-refractivity contribution >= 4 is 52.1 Å². The van der Waals surface area contributed by atoms with Gasteiger partial charge < -0.3 is 40.9 Å². The van der Waals surface area contributed by atoms with Crippen LogP contribution in [0.25, 0.3) is 33.3 Å². The van der Waals surface area contributed by atoms with E-state index in [2.05, 4.69) is 108 Å². The van der Waals surface area contributed by atoms with Crippen molar-refractivity contribution in [3.8, 4) is 23.5 Å². The molecule has 0 spiro atoms. The van der Waals surface area contributed by atoms with Crippen LogP contribution in [0.15, 0.2) is 132 Å². The minimum Gasteiger partial charge on any atom is -0.495 e. The van der Waals surface area contributed by atoms with Crippen LogP contribution in [0.2, 0.25) is 0 Å². The summed E-state index contributed by atoms with van der Waals surface area (Å²) in [6, 6.07) is 26.3. The average Bonchev–Trinajstić information content (AvgIpc) is 3.71. The molecule has 4 aromatic rings. The van der Waals surface area contributed by atoms with Crippen molar-refractivity contribution in [2.45, 2.75) is 65.8 Å². The maximum atomic E-state index is 13.7. The van der Waals surface area contributed by atoms with Crippen molar-refractivity contribution in [3.63, 3.8) is 0 Å². The zero-order valence-electron chi connectivity index (χ0n) is 40.7. The molecule has 13 heteroatoms. The van der Waals surface area contributed by atoms with Crippen LogP contribution >= 0.6 is 0 Å². The normalized spacial score (nSPS) is 13.8. The average molecular weight is 919 g/mol. The number of amides is 3. The fourth-order valence-corrected chi connectivity index (χ4v) is 8.04. The lowest BCUT2D eigenvalue weighted by atomic mass is 9.98. The fraction of sp³-hybridized carbons (Fsp3) is 0.309. The summed E-state index contributed by atoms with van der Waals surface area (Å²) in [7, 11) is 6.78. The van der Waals surface area contributed by atoms with Crippen molar-refractivity contribution in [3.05, 3.63) is 150 Å². The molecule has 1 aliphatic rings. The van der Waals surface area contributed by atoms with Crippen molar-refractivity contribution in [2.24, 2.45) is 10.9 Å². The van der Waals surface area contributed by atoms with Crippen molar-refractivity contribution in [1.29, 1.82) is 0 Å². The molecule has 0 saturated carbocycles. The Kier molecular flexibility index (Phi) is 18.6. The van der Waals surface area contributed by atoms with E-state index in [1.165, 1.54) is 7.11 Å². The highest BCUT2D eigenvalue weighted by atomic mass is 16.5. The number of carbonyl (C=O) groups excluding carboxylic acids is 3. The molecule has 5 N–H and O–H groups in total. The van der Waals surface area contributed by atoms with Gasteiger partial charge in [0.1, 0.15) is 18.2 Å². The largest absolute Gasteiger partial charge is 0.495 e. The number of hydrogen-bond acceptors (Lipinski definition) is 10. The van der Waals surface area contributed by atoms with Gasteiger partial charge in [0.25, 0.3) is 5.91 Å². The van der Waals surface area contributed by atoms with Crippen LogP contribution in [-0.4, -0.2) is 86.5 Å². The Balaban J connectivity index is 1.30. The molecule has 2 unspecified atom stereocenters. The topological polar surface area (TPSA) is 151 Å². The Morgan fingerprint density at radius 1 is 1.00 bits per heavy atom. The highest BCUT2D eigenvalue weighted by Gasteiger charge is 2.25. The number of ether oxygens (including phenoxy) is 1. The Labute approximate surface area is 402 Å². The van der Waals surface area contributed by atoms with Gasteiger partial charge in [-0.3, -0.25) is 14.5 Å². The number of nitrogens with zero attached hydrogens (tertiary/aromatic N) is 4. The molecule has 0 fully saturated rings. The first-order valence-corrected chi connectivity index (χ1v) is 22.9. The number of benzene rings is 4. The molecule has 13 nitrogen and oxygen atoms in total. The minimum atomic E-state index is -0.847. The van der Waals surface area contributed by atoms with Crippen LogP contribution in [-0.2, 0) is 27.2 Å². The quantitative estimate of drug-likeness (QED) is 0.0181. The van der Waals surface area contributed by atoms with Gasteiger partial charge in [0.15, 0.2) is 5.88 Å². The minimum absolute atomic E-state index is 0.0125. The molecule has 0 bridgehead atoms. The molecule has 4 aromatic carbocycles. The van der Waals surface area contributed by atoms with E-state index < -0.39 is 12.1 Å². The first kappa shape index (κ1) is 51.3. The molecule has 1 aliphatic heterocycles. The van der Waals surface area contributed by atoms with E-state index in [4.69, 9.17) is 16.2 Å². The second-order valence-electron chi connectivity index (χ2n) is 17.0. The number of alkyl carbamates (subject to hydrolysis) is 1. The van der Waals surface area contributed by atoms with Gasteiger partial charge in [-0.05, 0) is 96.8 Å². The number of allylic oxidation sites excluding steroid dienone is 2. The summed E-state index contributed by atoms with van der Waals surface area (Å²) in [4.78, 5) is 49.1. The smallest absolute Gasteiger partial charge is 0.407 e. The van der Waals surface area contributed by atoms with Crippen LogP contribution in [0.5, 0.6) is 0 Å². The fourth-order valence-electron chi connectivity index (χ4n) is 8.04. The lowest BCUT2D eigenvalue weighted by molar-refractivity contribution is -0.131. The summed E-state index contributed by atoms with van der Waals surface area (Å²) in [6.07, 6.45) is 17.9. The molecule has 0 radical (unpaired) electrons. The number of carbonyl (C=O) groups is 3. The van der Waals surface area contributed by atoms with Gasteiger partial charge >= 0.3 is 6.09 Å². The van der Waals surface area contributed by atoms with Gasteiger partial charge in [0.2, 0.25) is 5.91 Å². The number of methoxy groups -OCH3 is 1. The number of para-hydroxylation sites is 1. The predicted octanol–water partition coefficient (Wildman–Crippen LogP) is 9.07. The highest BCUT2D eigenvalue weighted by Crippen LogP contribution is 2.31. The van der Waals surface area contributed by atoms with Gasteiger partial charge in [-0.1, -0.05) is 98.6 Å². The number of aliphatic hydroxyl groups excluding tert-OH is 1. The Morgan fingerprint density at radius 3 is 2.31 bits per heavy atom. The lowest BCUT2D eigenvalue weighted by Crippen LogP contribution is -2.47. The van der Waals surface area contributed by atoms with E-state index in [0.717, 1.165) is 86.2 Å². The first-order chi connectivity index (χ1) is 32.7. The van der Waals surface area contributed by atoms with Crippen LogP contribution < -0.4 is 26.2 Å².